The van der Waals surface area contributed by atoms with E-state index in [1.165, 1.54) is 16.3 Å². The van der Waals surface area contributed by atoms with Crippen molar-refractivity contribution in [3.05, 3.63) is 206 Å². The molecule has 9 rings (SSSR count). The van der Waals surface area contributed by atoms with Crippen molar-refractivity contribution in [1.82, 2.24) is 9.55 Å². The monoisotopic (exact) mass is 924 g/mol. The summed E-state index contributed by atoms with van der Waals surface area (Å²) in [4.78, 5) is 9.10. The molecule has 0 radical (unpaired) electrons. The van der Waals surface area contributed by atoms with Gasteiger partial charge in [-0.15, -0.1) is 53.6 Å². The van der Waals surface area contributed by atoms with Crippen LogP contribution in [0.4, 0.5) is 11.4 Å². The quantitative estimate of drug-likeness (QED) is 0.0821. The van der Waals surface area contributed by atoms with Gasteiger partial charge >= 0.3 is 0 Å². The van der Waals surface area contributed by atoms with Crippen LogP contribution in [0.25, 0.3) is 27.6 Å². The predicted molar refractivity (Wildman–Crippen MR) is 229 cm³/mol. The molecule has 1 aliphatic heterocycles. The Morgan fingerprint density at radius 3 is 1.96 bits per heavy atom. The number of hydrogen-bond donors (Lipinski definition) is 0. The van der Waals surface area contributed by atoms with Crippen LogP contribution in [-0.4, -0.2) is 17.6 Å². The van der Waals surface area contributed by atoms with Crippen LogP contribution in [0.2, 0.25) is 19.6 Å². The van der Waals surface area contributed by atoms with Gasteiger partial charge in [-0.25, -0.2) is 4.98 Å². The van der Waals surface area contributed by atoms with Crippen molar-refractivity contribution >= 4 is 46.4 Å². The molecule has 0 spiro atoms. The van der Waals surface area contributed by atoms with E-state index >= 15 is 0 Å². The fourth-order valence-electron chi connectivity index (χ4n) is 7.60. The van der Waals surface area contributed by atoms with Crippen LogP contribution in [-0.2, 0) is 26.5 Å². The van der Waals surface area contributed by atoms with E-state index < -0.39 is 13.5 Å². The second-order valence-electron chi connectivity index (χ2n) is 15.2. The first-order chi connectivity index (χ1) is 26.8. The Kier molecular flexibility index (Phi) is 10.0. The van der Waals surface area contributed by atoms with E-state index in [9.17, 15) is 0 Å². The van der Waals surface area contributed by atoms with Crippen molar-refractivity contribution in [3.63, 3.8) is 0 Å². The van der Waals surface area contributed by atoms with Crippen molar-refractivity contribution in [2.24, 2.45) is 0 Å². The van der Waals surface area contributed by atoms with Crippen LogP contribution >= 0.6 is 0 Å². The maximum atomic E-state index is 6.85. The summed E-state index contributed by atoms with van der Waals surface area (Å²) in [6.07, 6.45) is 6.06. The van der Waals surface area contributed by atoms with E-state index in [2.05, 4.69) is 212 Å². The van der Waals surface area contributed by atoms with Gasteiger partial charge in [0.2, 0.25) is 0 Å². The van der Waals surface area contributed by atoms with Gasteiger partial charge in [-0.1, -0.05) is 127 Å². The molecule has 0 N–H and O–H groups in total. The van der Waals surface area contributed by atoms with Crippen LogP contribution in [0, 0.1) is 18.8 Å². The van der Waals surface area contributed by atoms with E-state index in [1.807, 2.05) is 18.3 Å². The number of nitrogens with zero attached hydrogens (tertiary/aromatic N) is 4. The summed E-state index contributed by atoms with van der Waals surface area (Å²) in [7, 11) is -1.59. The van der Waals surface area contributed by atoms with E-state index in [4.69, 9.17) is 9.72 Å². The molecular formula is C49H41N4OPtSi-3. The molecule has 280 valence electrons. The molecule has 0 unspecified atom stereocenters. The summed E-state index contributed by atoms with van der Waals surface area (Å²) in [5.74, 6) is 2.09. The van der Waals surface area contributed by atoms with Crippen LogP contribution in [0.1, 0.15) is 23.6 Å². The number of para-hydroxylation sites is 2. The fourth-order valence-corrected chi connectivity index (χ4v) is 8.74. The van der Waals surface area contributed by atoms with Gasteiger partial charge in [0.15, 0.2) is 0 Å². The smallest absolute Gasteiger partial charge is 0.135 e. The summed E-state index contributed by atoms with van der Waals surface area (Å²) in [6.45, 7) is 11.5. The first-order valence-electron chi connectivity index (χ1n) is 18.7. The first-order valence-corrected chi connectivity index (χ1v) is 22.2. The number of rotatable bonds is 9. The normalized spacial score (nSPS) is 13.0. The molecule has 2 aromatic heterocycles. The molecule has 0 aliphatic carbocycles. The predicted octanol–water partition coefficient (Wildman–Crippen LogP) is 11.4. The van der Waals surface area contributed by atoms with E-state index in [-0.39, 0.29) is 21.1 Å². The van der Waals surface area contributed by atoms with Gasteiger partial charge in [0.05, 0.1) is 8.07 Å². The largest absolute Gasteiger partial charge is 0.509 e. The zero-order valence-electron chi connectivity index (χ0n) is 31.8. The summed E-state index contributed by atoms with van der Waals surface area (Å²) < 4.78 is 9.07. The molecule has 3 heterocycles. The number of anilines is 2. The molecule has 0 amide bonds. The molecule has 1 aliphatic rings. The SMILES string of the molecule is CC(c1ccccc1)(c1ccccc1)c1cc(Oc2[c-]c3c(cc2)c2ccccc2n3-c2cc([Si](C)(C)C)ccn2)[c-]c(N2C=CN(c3ccccc3)[CH-]2)c1.[Pt]. The van der Waals surface area contributed by atoms with E-state index in [0.717, 1.165) is 44.6 Å². The van der Waals surface area contributed by atoms with Crippen LogP contribution in [0.3, 0.4) is 0 Å². The molecule has 6 aromatic carbocycles. The number of aromatic nitrogens is 2. The van der Waals surface area contributed by atoms with Crippen LogP contribution in [0.5, 0.6) is 11.5 Å². The van der Waals surface area contributed by atoms with E-state index in [1.54, 1.807) is 0 Å². The zero-order chi connectivity index (χ0) is 37.6. The zero-order valence-corrected chi connectivity index (χ0v) is 35.0. The molecule has 0 bridgehead atoms. The maximum absolute atomic E-state index is 6.85. The number of fused-ring (bicyclic) bond motifs is 3. The Morgan fingerprint density at radius 1 is 0.625 bits per heavy atom. The van der Waals surface area contributed by atoms with Gasteiger partial charge in [0, 0.05) is 55.4 Å². The van der Waals surface area contributed by atoms with Crippen molar-refractivity contribution in [2.75, 3.05) is 9.80 Å². The average molecular weight is 925 g/mol. The Balaban J connectivity index is 0.00000441. The maximum Gasteiger partial charge on any atom is 0.135 e. The van der Waals surface area contributed by atoms with Crippen molar-refractivity contribution in [1.29, 1.82) is 0 Å². The third kappa shape index (κ3) is 6.89. The number of pyridine rings is 1. The number of ether oxygens (including phenoxy) is 1. The first kappa shape index (κ1) is 37.2. The second-order valence-corrected chi connectivity index (χ2v) is 20.3. The molecule has 5 nitrogen and oxygen atoms in total. The summed E-state index contributed by atoms with van der Waals surface area (Å²) >= 11 is 0. The third-order valence-corrected chi connectivity index (χ3v) is 12.7. The van der Waals surface area contributed by atoms with Gasteiger partial charge in [-0.2, -0.15) is 6.07 Å². The van der Waals surface area contributed by atoms with Gasteiger partial charge < -0.3 is 19.1 Å². The van der Waals surface area contributed by atoms with Gasteiger partial charge in [0.1, 0.15) is 5.82 Å². The number of benzene rings is 6. The summed E-state index contributed by atoms with van der Waals surface area (Å²) in [6, 6.07) is 60.4. The minimum atomic E-state index is -1.59. The van der Waals surface area contributed by atoms with Gasteiger partial charge in [0.25, 0.3) is 0 Å². The van der Waals surface area contributed by atoms with Gasteiger partial charge in [-0.3, -0.25) is 0 Å². The van der Waals surface area contributed by atoms with Crippen molar-refractivity contribution in [3.8, 4) is 17.3 Å². The van der Waals surface area contributed by atoms with Crippen molar-refractivity contribution in [2.45, 2.75) is 32.0 Å². The average Bonchev–Trinajstić information content (AvgIpc) is 3.85. The molecule has 0 atom stereocenters. The summed E-state index contributed by atoms with van der Waals surface area (Å²) in [5.41, 5.74) is 6.89. The Labute approximate surface area is 344 Å². The molecule has 56 heavy (non-hydrogen) atoms. The third-order valence-electron chi connectivity index (χ3n) is 10.7. The number of hydrogen-bond acceptors (Lipinski definition) is 4. The fraction of sp³-hybridized carbons (Fsp3) is 0.102. The minimum Gasteiger partial charge on any atom is -0.509 e. The van der Waals surface area contributed by atoms with Crippen molar-refractivity contribution < 1.29 is 25.8 Å². The standard InChI is InChI=1S/C49H41N4OSi.Pt/c1-49(36-16-8-5-9-17-36,37-18-10-6-11-19-37)38-30-40(52-29-28-51(35-52)39-20-12-7-13-21-39)32-42(31-38)54-41-24-25-45-44-22-14-15-23-46(44)53(47(45)33-41)48-34-43(26-27-50-48)55(2,3)4;/h5-31,34-35H,1-4H3;/q-3;. The van der Waals surface area contributed by atoms with Crippen LogP contribution < -0.4 is 19.7 Å². The minimum absolute atomic E-state index is 0. The molecule has 8 aromatic rings. The van der Waals surface area contributed by atoms with E-state index in [0.29, 0.717) is 11.5 Å². The summed E-state index contributed by atoms with van der Waals surface area (Å²) in [5, 5.41) is 3.60. The van der Waals surface area contributed by atoms with Gasteiger partial charge in [-0.05, 0) is 66.2 Å². The molecule has 7 heteroatoms. The molecule has 0 fully saturated rings. The Morgan fingerprint density at radius 2 is 1.27 bits per heavy atom. The molecule has 0 saturated heterocycles. The van der Waals surface area contributed by atoms with Crippen LogP contribution in [0.15, 0.2) is 170 Å². The Bertz CT molecular complexity index is 2630. The topological polar surface area (TPSA) is 33.5 Å². The second kappa shape index (κ2) is 15.1. The molecule has 0 saturated carbocycles. The Hall–Kier alpha value is -5.68. The molecular weight excluding hydrogens is 884 g/mol.